The van der Waals surface area contributed by atoms with Crippen LogP contribution in [0.15, 0.2) is 24.3 Å². The molecule has 0 radical (unpaired) electrons. The van der Waals surface area contributed by atoms with E-state index in [0.717, 1.165) is 5.56 Å². The van der Waals surface area contributed by atoms with Gasteiger partial charge >= 0.3 is 0 Å². The molecule has 0 aliphatic carbocycles. The van der Waals surface area contributed by atoms with Crippen LogP contribution in [0.25, 0.3) is 0 Å². The number of methoxy groups -OCH3 is 1. The smallest absolute Gasteiger partial charge is 0.222 e. The summed E-state index contributed by atoms with van der Waals surface area (Å²) in [6.07, 6.45) is -0.778. The van der Waals surface area contributed by atoms with Gasteiger partial charge in [0.2, 0.25) is 5.91 Å². The molecule has 2 unspecified atom stereocenters. The Morgan fingerprint density at radius 2 is 2.15 bits per heavy atom. The van der Waals surface area contributed by atoms with Crippen molar-refractivity contribution in [3.8, 4) is 0 Å². The summed E-state index contributed by atoms with van der Waals surface area (Å²) >= 11 is 5.94. The molecule has 1 aromatic rings. The van der Waals surface area contributed by atoms with Crippen LogP contribution in [-0.2, 0) is 9.53 Å². The van der Waals surface area contributed by atoms with E-state index in [4.69, 9.17) is 16.3 Å². The van der Waals surface area contributed by atoms with Crippen LogP contribution in [0.2, 0.25) is 5.02 Å². The van der Waals surface area contributed by atoms with E-state index in [9.17, 15) is 9.90 Å². The lowest BCUT2D eigenvalue weighted by Gasteiger charge is -2.18. The number of hydrogen-bond acceptors (Lipinski definition) is 3. The summed E-state index contributed by atoms with van der Waals surface area (Å²) < 4.78 is 5.36. The monoisotopic (exact) mass is 299 g/mol. The average molecular weight is 300 g/mol. The fraction of sp³-hybridized carbons (Fsp3) is 0.533. The van der Waals surface area contributed by atoms with Crippen LogP contribution < -0.4 is 5.32 Å². The molecule has 2 atom stereocenters. The zero-order chi connectivity index (χ0) is 15.1. The Kier molecular flexibility index (Phi) is 6.99. The minimum Gasteiger partial charge on any atom is -0.392 e. The number of hydrogen-bond donors (Lipinski definition) is 2. The van der Waals surface area contributed by atoms with E-state index in [-0.39, 0.29) is 24.3 Å². The van der Waals surface area contributed by atoms with Gasteiger partial charge < -0.3 is 15.2 Å². The van der Waals surface area contributed by atoms with E-state index in [1.54, 1.807) is 13.2 Å². The van der Waals surface area contributed by atoms with E-state index >= 15 is 0 Å². The summed E-state index contributed by atoms with van der Waals surface area (Å²) in [7, 11) is 1.58. The molecule has 0 fully saturated rings. The van der Waals surface area contributed by atoms with Crippen LogP contribution in [0.5, 0.6) is 0 Å². The van der Waals surface area contributed by atoms with Gasteiger partial charge in [0.05, 0.1) is 18.6 Å². The van der Waals surface area contributed by atoms with Crippen LogP contribution in [0.3, 0.4) is 0 Å². The molecule has 20 heavy (non-hydrogen) atoms. The zero-order valence-electron chi connectivity index (χ0n) is 12.1. The van der Waals surface area contributed by atoms with Crippen molar-refractivity contribution in [1.29, 1.82) is 0 Å². The topological polar surface area (TPSA) is 58.6 Å². The van der Waals surface area contributed by atoms with E-state index in [1.807, 2.05) is 32.0 Å². The predicted octanol–water partition coefficient (Wildman–Crippen LogP) is 2.55. The molecule has 0 saturated carbocycles. The molecule has 0 spiro atoms. The third-order valence-electron chi connectivity index (χ3n) is 3.15. The van der Waals surface area contributed by atoms with Gasteiger partial charge in [0.15, 0.2) is 0 Å². The number of carbonyl (C=O) groups is 1. The molecule has 0 aromatic heterocycles. The zero-order valence-corrected chi connectivity index (χ0v) is 12.9. The normalized spacial score (nSPS) is 14.1. The van der Waals surface area contributed by atoms with Crippen molar-refractivity contribution in [2.45, 2.75) is 32.5 Å². The summed E-state index contributed by atoms with van der Waals surface area (Å²) in [6, 6.07) is 7.34. The second-order valence-corrected chi connectivity index (χ2v) is 5.54. The van der Waals surface area contributed by atoms with Crippen LogP contribution in [-0.4, -0.2) is 30.8 Å². The minimum absolute atomic E-state index is 0.0619. The lowest BCUT2D eigenvalue weighted by molar-refractivity contribution is -0.124. The van der Waals surface area contributed by atoms with Gasteiger partial charge in [-0.1, -0.05) is 37.6 Å². The van der Waals surface area contributed by atoms with Crippen LogP contribution in [0.4, 0.5) is 0 Å². The Morgan fingerprint density at radius 1 is 1.45 bits per heavy atom. The fourth-order valence-electron chi connectivity index (χ4n) is 1.75. The molecule has 0 aliphatic rings. The molecule has 1 aromatic carbocycles. The highest BCUT2D eigenvalue weighted by Gasteiger charge is 2.16. The molecule has 0 saturated heterocycles. The number of rotatable bonds is 7. The van der Waals surface area contributed by atoms with Gasteiger partial charge in [0.25, 0.3) is 0 Å². The van der Waals surface area contributed by atoms with Crippen molar-refractivity contribution in [3.63, 3.8) is 0 Å². The first-order chi connectivity index (χ1) is 9.43. The number of aliphatic hydroxyl groups excluding tert-OH is 1. The number of nitrogens with one attached hydrogen (secondary N) is 1. The maximum atomic E-state index is 11.7. The van der Waals surface area contributed by atoms with Gasteiger partial charge in [0.1, 0.15) is 0 Å². The van der Waals surface area contributed by atoms with Gasteiger partial charge in [-0.05, 0) is 23.6 Å². The number of carbonyl (C=O) groups excluding carboxylic acids is 1. The Bertz CT molecular complexity index is 437. The second-order valence-electron chi connectivity index (χ2n) is 5.10. The molecule has 2 N–H and O–H groups in total. The first kappa shape index (κ1) is 17.0. The van der Waals surface area contributed by atoms with Crippen molar-refractivity contribution in [2.75, 3.05) is 13.7 Å². The van der Waals surface area contributed by atoms with E-state index < -0.39 is 6.10 Å². The van der Waals surface area contributed by atoms with Gasteiger partial charge in [-0.15, -0.1) is 0 Å². The van der Waals surface area contributed by atoms with Gasteiger partial charge in [-0.3, -0.25) is 4.79 Å². The molecule has 1 amide bonds. The summed E-state index contributed by atoms with van der Waals surface area (Å²) in [5, 5.41) is 13.1. The summed E-state index contributed by atoms with van der Waals surface area (Å²) in [5.74, 6) is -0.123. The van der Waals surface area contributed by atoms with Crippen LogP contribution in [0, 0.1) is 5.92 Å². The van der Waals surface area contributed by atoms with Gasteiger partial charge in [0, 0.05) is 18.7 Å². The first-order valence-electron chi connectivity index (χ1n) is 6.67. The summed E-state index contributed by atoms with van der Waals surface area (Å²) in [6.45, 7) is 4.10. The number of aliphatic hydroxyl groups is 1. The molecular formula is C15H22ClNO3. The van der Waals surface area contributed by atoms with Crippen molar-refractivity contribution < 1.29 is 14.6 Å². The molecule has 4 nitrogen and oxygen atoms in total. The molecule has 5 heteroatoms. The highest BCUT2D eigenvalue weighted by atomic mass is 35.5. The third kappa shape index (κ3) is 5.49. The molecule has 112 valence electrons. The van der Waals surface area contributed by atoms with Crippen molar-refractivity contribution >= 4 is 17.5 Å². The predicted molar refractivity (Wildman–Crippen MR) is 79.7 cm³/mol. The molecule has 0 heterocycles. The van der Waals surface area contributed by atoms with E-state index in [2.05, 4.69) is 5.32 Å². The standard InChI is InChI=1S/C15H22ClNO3/c1-10(2)13(18)8-15(19)17-9-14(20-3)11-5-4-6-12(16)7-11/h4-7,10,13-14,18H,8-9H2,1-3H3,(H,17,19). The number of amides is 1. The van der Waals surface area contributed by atoms with E-state index in [0.29, 0.717) is 11.6 Å². The van der Waals surface area contributed by atoms with Crippen molar-refractivity contribution in [3.05, 3.63) is 34.9 Å². The van der Waals surface area contributed by atoms with Crippen LogP contribution in [0.1, 0.15) is 31.9 Å². The van der Waals surface area contributed by atoms with Gasteiger partial charge in [-0.25, -0.2) is 0 Å². The molecular weight excluding hydrogens is 278 g/mol. The van der Waals surface area contributed by atoms with Crippen molar-refractivity contribution in [1.82, 2.24) is 5.32 Å². The lowest BCUT2D eigenvalue weighted by atomic mass is 10.0. The number of ether oxygens (including phenoxy) is 1. The highest BCUT2D eigenvalue weighted by Crippen LogP contribution is 2.19. The maximum absolute atomic E-state index is 11.7. The quantitative estimate of drug-likeness (QED) is 0.813. The highest BCUT2D eigenvalue weighted by molar-refractivity contribution is 6.30. The van der Waals surface area contributed by atoms with Gasteiger partial charge in [-0.2, -0.15) is 0 Å². The fourth-order valence-corrected chi connectivity index (χ4v) is 1.95. The first-order valence-corrected chi connectivity index (χ1v) is 7.04. The Balaban J connectivity index is 2.51. The summed E-state index contributed by atoms with van der Waals surface area (Å²) in [4.78, 5) is 11.7. The molecule has 0 aliphatic heterocycles. The largest absolute Gasteiger partial charge is 0.392 e. The summed E-state index contributed by atoms with van der Waals surface area (Å²) in [5.41, 5.74) is 0.907. The second kappa shape index (κ2) is 8.25. The maximum Gasteiger partial charge on any atom is 0.222 e. The SMILES string of the molecule is COC(CNC(=O)CC(O)C(C)C)c1cccc(Cl)c1. The third-order valence-corrected chi connectivity index (χ3v) is 3.39. The number of benzene rings is 1. The Labute approximate surface area is 125 Å². The molecule has 1 rings (SSSR count). The van der Waals surface area contributed by atoms with Crippen molar-refractivity contribution in [2.24, 2.45) is 5.92 Å². The average Bonchev–Trinajstić information content (AvgIpc) is 2.39. The van der Waals surface area contributed by atoms with E-state index in [1.165, 1.54) is 0 Å². The Hall–Kier alpha value is -1.10. The minimum atomic E-state index is -0.623. The number of halogens is 1. The molecule has 0 bridgehead atoms. The Morgan fingerprint density at radius 3 is 2.70 bits per heavy atom. The van der Waals surface area contributed by atoms with Crippen LogP contribution >= 0.6 is 11.6 Å². The lowest BCUT2D eigenvalue weighted by Crippen LogP contribution is -2.33.